The van der Waals surface area contributed by atoms with Gasteiger partial charge in [0, 0.05) is 31.2 Å². The number of halogens is 1. The molecule has 1 N–H and O–H groups in total. The van der Waals surface area contributed by atoms with Gasteiger partial charge in [-0.3, -0.25) is 14.5 Å². The minimum Gasteiger partial charge on any atom is -0.326 e. The highest BCUT2D eigenvalue weighted by Gasteiger charge is 2.19. The zero-order valence-electron chi connectivity index (χ0n) is 10.9. The molecular weight excluding hydrogens is 281 g/mol. The zero-order valence-corrected chi connectivity index (χ0v) is 11.7. The van der Waals surface area contributed by atoms with E-state index in [1.807, 2.05) is 0 Å². The summed E-state index contributed by atoms with van der Waals surface area (Å²) in [4.78, 5) is 28.5. The van der Waals surface area contributed by atoms with Crippen LogP contribution in [0, 0.1) is 5.82 Å². The quantitative estimate of drug-likeness (QED) is 0.946. The van der Waals surface area contributed by atoms with E-state index in [0.717, 1.165) is 6.07 Å². The number of amides is 2. The van der Waals surface area contributed by atoms with Gasteiger partial charge in [0.2, 0.25) is 5.91 Å². The van der Waals surface area contributed by atoms with Crippen LogP contribution in [-0.2, 0) is 4.79 Å². The molecule has 2 rings (SSSR count). The molecule has 0 saturated heterocycles. The Bertz CT molecular complexity index is 643. The van der Waals surface area contributed by atoms with Crippen molar-refractivity contribution in [2.24, 2.45) is 0 Å². The van der Waals surface area contributed by atoms with Crippen molar-refractivity contribution in [2.45, 2.75) is 6.92 Å². The van der Waals surface area contributed by atoms with Gasteiger partial charge in [-0.25, -0.2) is 9.37 Å². The summed E-state index contributed by atoms with van der Waals surface area (Å²) in [5.74, 6) is -1.46. The Labute approximate surface area is 119 Å². The van der Waals surface area contributed by atoms with Crippen molar-refractivity contribution in [2.75, 3.05) is 17.3 Å². The molecule has 0 atom stereocenters. The summed E-state index contributed by atoms with van der Waals surface area (Å²) in [6.07, 6.45) is 1.56. The number of carbonyl (C=O) groups is 2. The highest BCUT2D eigenvalue weighted by molar-refractivity contribution is 7.13. The number of carbonyl (C=O) groups excluding carboxylic acids is 2. The second-order valence-electron chi connectivity index (χ2n) is 4.05. The van der Waals surface area contributed by atoms with Crippen LogP contribution < -0.4 is 10.2 Å². The lowest BCUT2D eigenvalue weighted by Crippen LogP contribution is -2.27. The van der Waals surface area contributed by atoms with Gasteiger partial charge in [-0.2, -0.15) is 0 Å². The molecule has 7 heteroatoms. The van der Waals surface area contributed by atoms with Crippen molar-refractivity contribution in [3.8, 4) is 0 Å². The zero-order chi connectivity index (χ0) is 14.7. The van der Waals surface area contributed by atoms with Crippen molar-refractivity contribution in [1.29, 1.82) is 0 Å². The number of nitrogens with one attached hydrogen (secondary N) is 1. The SMILES string of the molecule is CC(=O)Nc1ccc(F)c(C(=O)N(C)c2nccs2)c1. The molecular formula is C13H12FN3O2S. The standard InChI is InChI=1S/C13H12FN3O2S/c1-8(18)16-9-3-4-11(14)10(7-9)12(19)17(2)13-15-5-6-20-13/h3-7H,1-2H3,(H,16,18). The van der Waals surface area contributed by atoms with Crippen LogP contribution in [0.15, 0.2) is 29.8 Å². The fourth-order valence-corrected chi connectivity index (χ4v) is 2.23. The second-order valence-corrected chi connectivity index (χ2v) is 4.93. The van der Waals surface area contributed by atoms with Crippen molar-refractivity contribution >= 4 is 34.0 Å². The van der Waals surface area contributed by atoms with Crippen LogP contribution in [0.25, 0.3) is 0 Å². The number of hydrogen-bond donors (Lipinski definition) is 1. The third kappa shape index (κ3) is 3.00. The molecule has 5 nitrogen and oxygen atoms in total. The van der Waals surface area contributed by atoms with Crippen molar-refractivity contribution < 1.29 is 14.0 Å². The summed E-state index contributed by atoms with van der Waals surface area (Å²) < 4.78 is 13.8. The first kappa shape index (κ1) is 14.1. The lowest BCUT2D eigenvalue weighted by Gasteiger charge is -2.15. The normalized spacial score (nSPS) is 10.2. The average Bonchev–Trinajstić information content (AvgIpc) is 2.92. The predicted octanol–water partition coefficient (Wildman–Crippen LogP) is 2.52. The number of anilines is 2. The van der Waals surface area contributed by atoms with Crippen LogP contribution in [0.5, 0.6) is 0 Å². The Balaban J connectivity index is 2.31. The van der Waals surface area contributed by atoms with E-state index in [4.69, 9.17) is 0 Å². The van der Waals surface area contributed by atoms with Crippen LogP contribution in [0.1, 0.15) is 17.3 Å². The molecule has 0 unspecified atom stereocenters. The number of benzene rings is 1. The summed E-state index contributed by atoms with van der Waals surface area (Å²) in [6, 6.07) is 3.86. The van der Waals surface area contributed by atoms with Gasteiger partial charge in [-0.15, -0.1) is 11.3 Å². The Morgan fingerprint density at radius 1 is 1.40 bits per heavy atom. The average molecular weight is 293 g/mol. The number of thiazole rings is 1. The molecule has 2 amide bonds. The molecule has 0 radical (unpaired) electrons. The fraction of sp³-hybridized carbons (Fsp3) is 0.154. The monoisotopic (exact) mass is 293 g/mol. The number of aromatic nitrogens is 1. The van der Waals surface area contributed by atoms with Gasteiger partial charge >= 0.3 is 0 Å². The molecule has 104 valence electrons. The van der Waals surface area contributed by atoms with Gasteiger partial charge in [-0.1, -0.05) is 0 Å². The second kappa shape index (κ2) is 5.79. The van der Waals surface area contributed by atoms with E-state index in [9.17, 15) is 14.0 Å². The molecule has 1 aromatic carbocycles. The minimum atomic E-state index is -0.646. The molecule has 1 aromatic heterocycles. The van der Waals surface area contributed by atoms with Gasteiger partial charge in [0.15, 0.2) is 5.13 Å². The maximum Gasteiger partial charge on any atom is 0.262 e. The maximum absolute atomic E-state index is 13.8. The molecule has 0 spiro atoms. The summed E-state index contributed by atoms with van der Waals surface area (Å²) >= 11 is 1.28. The van der Waals surface area contributed by atoms with Crippen molar-refractivity contribution in [1.82, 2.24) is 4.98 Å². The molecule has 20 heavy (non-hydrogen) atoms. The molecule has 0 bridgehead atoms. The number of rotatable bonds is 3. The molecule has 1 heterocycles. The predicted molar refractivity (Wildman–Crippen MR) is 75.6 cm³/mol. The van der Waals surface area contributed by atoms with E-state index < -0.39 is 11.7 Å². The first-order valence-electron chi connectivity index (χ1n) is 5.73. The van der Waals surface area contributed by atoms with E-state index >= 15 is 0 Å². The molecule has 0 fully saturated rings. The van der Waals surface area contributed by atoms with E-state index in [0.29, 0.717) is 10.8 Å². The topological polar surface area (TPSA) is 62.3 Å². The van der Waals surface area contributed by atoms with Crippen LogP contribution in [0.2, 0.25) is 0 Å². The Hall–Kier alpha value is -2.28. The smallest absolute Gasteiger partial charge is 0.262 e. The van der Waals surface area contributed by atoms with Crippen LogP contribution in [0.3, 0.4) is 0 Å². The summed E-state index contributed by atoms with van der Waals surface area (Å²) in [6.45, 7) is 1.34. The van der Waals surface area contributed by atoms with E-state index in [2.05, 4.69) is 10.3 Å². The number of nitrogens with zero attached hydrogens (tertiary/aromatic N) is 2. The Kier molecular flexibility index (Phi) is 4.09. The van der Waals surface area contributed by atoms with Crippen LogP contribution in [-0.4, -0.2) is 23.8 Å². The van der Waals surface area contributed by atoms with Gasteiger partial charge in [0.25, 0.3) is 5.91 Å². The van der Waals surface area contributed by atoms with E-state index in [1.165, 1.54) is 42.3 Å². The lowest BCUT2D eigenvalue weighted by atomic mass is 10.1. The highest BCUT2D eigenvalue weighted by Crippen LogP contribution is 2.21. The highest BCUT2D eigenvalue weighted by atomic mass is 32.1. The van der Waals surface area contributed by atoms with Gasteiger partial charge in [-0.05, 0) is 18.2 Å². The molecule has 0 saturated carbocycles. The first-order chi connectivity index (χ1) is 9.49. The Morgan fingerprint density at radius 2 is 2.15 bits per heavy atom. The summed E-state index contributed by atoms with van der Waals surface area (Å²) in [7, 11) is 1.52. The molecule has 0 aliphatic heterocycles. The summed E-state index contributed by atoms with van der Waals surface area (Å²) in [5.41, 5.74) is 0.253. The van der Waals surface area contributed by atoms with Gasteiger partial charge < -0.3 is 5.32 Å². The van der Waals surface area contributed by atoms with Gasteiger partial charge in [0.05, 0.1) is 5.56 Å². The van der Waals surface area contributed by atoms with Crippen LogP contribution >= 0.6 is 11.3 Å². The third-order valence-corrected chi connectivity index (χ3v) is 3.38. The molecule has 2 aromatic rings. The third-order valence-electron chi connectivity index (χ3n) is 2.53. The van der Waals surface area contributed by atoms with Crippen LogP contribution in [0.4, 0.5) is 15.2 Å². The van der Waals surface area contributed by atoms with E-state index in [-0.39, 0.29) is 11.5 Å². The van der Waals surface area contributed by atoms with Gasteiger partial charge in [0.1, 0.15) is 5.82 Å². The van der Waals surface area contributed by atoms with E-state index in [1.54, 1.807) is 11.6 Å². The minimum absolute atomic E-state index is 0.117. The van der Waals surface area contributed by atoms with Crippen molar-refractivity contribution in [3.63, 3.8) is 0 Å². The Morgan fingerprint density at radius 3 is 2.75 bits per heavy atom. The first-order valence-corrected chi connectivity index (χ1v) is 6.61. The lowest BCUT2D eigenvalue weighted by molar-refractivity contribution is -0.114. The fourth-order valence-electron chi connectivity index (χ4n) is 1.62. The summed E-state index contributed by atoms with van der Waals surface area (Å²) in [5, 5.41) is 4.71. The maximum atomic E-state index is 13.8. The van der Waals surface area contributed by atoms with Crippen molar-refractivity contribution in [3.05, 3.63) is 41.2 Å². The largest absolute Gasteiger partial charge is 0.326 e. The molecule has 0 aliphatic rings. The number of hydrogen-bond acceptors (Lipinski definition) is 4. The molecule has 0 aliphatic carbocycles.